The van der Waals surface area contributed by atoms with Crippen molar-refractivity contribution < 1.29 is 18.6 Å². The largest absolute Gasteiger partial charge is 0.497 e. The molecule has 0 amide bonds. The fourth-order valence-corrected chi connectivity index (χ4v) is 2.26. The van der Waals surface area contributed by atoms with Crippen LogP contribution in [0.5, 0.6) is 5.75 Å². The fourth-order valence-electron chi connectivity index (χ4n) is 2.26. The molecule has 0 bridgehead atoms. The summed E-state index contributed by atoms with van der Waals surface area (Å²) in [6, 6.07) is 10.7. The average molecular weight is 293 g/mol. The van der Waals surface area contributed by atoms with Crippen LogP contribution in [0, 0.1) is 11.6 Å². The first-order valence-corrected chi connectivity index (χ1v) is 6.54. The lowest BCUT2D eigenvalue weighted by molar-refractivity contribution is 0.142. The topological polar surface area (TPSA) is 55.5 Å². The van der Waals surface area contributed by atoms with Crippen molar-refractivity contribution in [2.45, 2.75) is 12.0 Å². The maximum absolute atomic E-state index is 13.8. The number of nitrogens with two attached hydrogens (primary N) is 1. The summed E-state index contributed by atoms with van der Waals surface area (Å²) >= 11 is 0. The van der Waals surface area contributed by atoms with Crippen LogP contribution in [0.3, 0.4) is 0 Å². The number of halogens is 2. The summed E-state index contributed by atoms with van der Waals surface area (Å²) in [7, 11) is 1.55. The van der Waals surface area contributed by atoms with Crippen LogP contribution < -0.4 is 10.5 Å². The summed E-state index contributed by atoms with van der Waals surface area (Å²) in [6.07, 6.45) is -1.22. The summed E-state index contributed by atoms with van der Waals surface area (Å²) in [4.78, 5) is 0. The number of rotatable bonds is 5. The molecule has 0 aliphatic carbocycles. The molecule has 0 spiro atoms. The third-order valence-corrected chi connectivity index (χ3v) is 3.48. The van der Waals surface area contributed by atoms with Gasteiger partial charge in [-0.2, -0.15) is 0 Å². The molecule has 112 valence electrons. The van der Waals surface area contributed by atoms with Gasteiger partial charge in [-0.15, -0.1) is 0 Å². The van der Waals surface area contributed by atoms with Crippen molar-refractivity contribution in [1.82, 2.24) is 0 Å². The second kappa shape index (κ2) is 6.65. The molecule has 2 atom stereocenters. The molecule has 3 nitrogen and oxygen atoms in total. The fraction of sp³-hybridized carbons (Fsp3) is 0.250. The molecule has 0 aliphatic rings. The number of aliphatic hydroxyl groups is 1. The Morgan fingerprint density at radius 2 is 1.81 bits per heavy atom. The van der Waals surface area contributed by atoms with Crippen LogP contribution in [0.25, 0.3) is 0 Å². The van der Waals surface area contributed by atoms with Gasteiger partial charge in [-0.1, -0.05) is 24.3 Å². The van der Waals surface area contributed by atoms with Crippen molar-refractivity contribution in [1.29, 1.82) is 0 Å². The van der Waals surface area contributed by atoms with Crippen LogP contribution in [0.15, 0.2) is 42.5 Å². The second-order valence-corrected chi connectivity index (χ2v) is 4.70. The van der Waals surface area contributed by atoms with Crippen LogP contribution >= 0.6 is 0 Å². The van der Waals surface area contributed by atoms with Crippen LogP contribution in [-0.4, -0.2) is 18.8 Å². The molecular formula is C16H17F2NO2. The molecule has 0 saturated carbocycles. The smallest absolute Gasteiger partial charge is 0.164 e. The summed E-state index contributed by atoms with van der Waals surface area (Å²) in [6.45, 7) is 0.101. The summed E-state index contributed by atoms with van der Waals surface area (Å²) in [5.74, 6) is -1.90. The zero-order valence-corrected chi connectivity index (χ0v) is 11.6. The van der Waals surface area contributed by atoms with Crippen LogP contribution in [0.1, 0.15) is 23.1 Å². The molecule has 2 rings (SSSR count). The minimum atomic E-state index is -1.22. The van der Waals surface area contributed by atoms with E-state index in [0.717, 1.165) is 11.6 Å². The number of aliphatic hydroxyl groups excluding tert-OH is 1. The summed E-state index contributed by atoms with van der Waals surface area (Å²) in [5, 5.41) is 10.3. The van der Waals surface area contributed by atoms with E-state index < -0.39 is 23.7 Å². The van der Waals surface area contributed by atoms with Gasteiger partial charge in [0.2, 0.25) is 0 Å². The standard InChI is InChI=1S/C16H17F2NO2/c1-21-11-7-5-10(6-8-11)13(9-19)16(20)12-3-2-4-14(17)15(12)18/h2-8,13,16,20H,9,19H2,1H3. The molecule has 0 aromatic heterocycles. The normalized spacial score (nSPS) is 13.8. The third kappa shape index (κ3) is 3.20. The molecule has 0 aliphatic heterocycles. The Kier molecular flexibility index (Phi) is 4.88. The van der Waals surface area contributed by atoms with E-state index in [9.17, 15) is 13.9 Å². The molecule has 0 radical (unpaired) electrons. The maximum Gasteiger partial charge on any atom is 0.164 e. The van der Waals surface area contributed by atoms with E-state index in [4.69, 9.17) is 10.5 Å². The second-order valence-electron chi connectivity index (χ2n) is 4.70. The first kappa shape index (κ1) is 15.4. The number of hydrogen-bond donors (Lipinski definition) is 2. The van der Waals surface area contributed by atoms with Crippen molar-refractivity contribution in [3.8, 4) is 5.75 Å². The van der Waals surface area contributed by atoms with Gasteiger partial charge in [0.15, 0.2) is 11.6 Å². The molecule has 2 unspecified atom stereocenters. The Bertz CT molecular complexity index is 602. The van der Waals surface area contributed by atoms with Crippen molar-refractivity contribution in [2.75, 3.05) is 13.7 Å². The van der Waals surface area contributed by atoms with Crippen LogP contribution in [0.2, 0.25) is 0 Å². The number of benzene rings is 2. The Labute approximate surface area is 122 Å². The Balaban J connectivity index is 2.33. The van der Waals surface area contributed by atoms with Gasteiger partial charge in [0.1, 0.15) is 5.75 Å². The monoisotopic (exact) mass is 293 g/mol. The highest BCUT2D eigenvalue weighted by atomic mass is 19.2. The Morgan fingerprint density at radius 3 is 2.38 bits per heavy atom. The van der Waals surface area contributed by atoms with Gasteiger partial charge in [-0.25, -0.2) is 8.78 Å². The number of ether oxygens (including phenoxy) is 1. The lowest BCUT2D eigenvalue weighted by Gasteiger charge is -2.23. The van der Waals surface area contributed by atoms with E-state index >= 15 is 0 Å². The SMILES string of the molecule is COc1ccc(C(CN)C(O)c2cccc(F)c2F)cc1. The van der Waals surface area contributed by atoms with Crippen molar-refractivity contribution in [2.24, 2.45) is 5.73 Å². The molecule has 0 fully saturated rings. The number of hydrogen-bond acceptors (Lipinski definition) is 3. The minimum Gasteiger partial charge on any atom is -0.497 e. The summed E-state index contributed by atoms with van der Waals surface area (Å²) in [5.41, 5.74) is 6.33. The predicted molar refractivity (Wildman–Crippen MR) is 76.1 cm³/mol. The van der Waals surface area contributed by atoms with Gasteiger partial charge >= 0.3 is 0 Å². The Morgan fingerprint density at radius 1 is 1.14 bits per heavy atom. The predicted octanol–water partition coefficient (Wildman–Crippen LogP) is 2.75. The molecule has 3 N–H and O–H groups in total. The van der Waals surface area contributed by atoms with E-state index in [2.05, 4.69) is 0 Å². The molecule has 5 heteroatoms. The highest BCUT2D eigenvalue weighted by Crippen LogP contribution is 2.32. The highest BCUT2D eigenvalue weighted by molar-refractivity contribution is 5.33. The van der Waals surface area contributed by atoms with Crippen LogP contribution in [-0.2, 0) is 0 Å². The Hall–Kier alpha value is -1.98. The summed E-state index contributed by atoms with van der Waals surface area (Å²) < 4.78 is 32.1. The number of methoxy groups -OCH3 is 1. The first-order chi connectivity index (χ1) is 10.1. The molecule has 21 heavy (non-hydrogen) atoms. The van der Waals surface area contributed by atoms with Crippen LogP contribution in [0.4, 0.5) is 8.78 Å². The van der Waals surface area contributed by atoms with Gasteiger partial charge in [0, 0.05) is 18.0 Å². The van der Waals surface area contributed by atoms with Gasteiger partial charge < -0.3 is 15.6 Å². The van der Waals surface area contributed by atoms with E-state index in [1.165, 1.54) is 12.1 Å². The zero-order valence-electron chi connectivity index (χ0n) is 11.6. The molecule has 0 saturated heterocycles. The van der Waals surface area contributed by atoms with Crippen molar-refractivity contribution >= 4 is 0 Å². The van der Waals surface area contributed by atoms with E-state index in [1.807, 2.05) is 0 Å². The minimum absolute atomic E-state index is 0.0960. The molecule has 0 heterocycles. The van der Waals surface area contributed by atoms with Gasteiger partial charge in [0.25, 0.3) is 0 Å². The van der Waals surface area contributed by atoms with Gasteiger partial charge in [-0.05, 0) is 23.8 Å². The van der Waals surface area contributed by atoms with E-state index in [1.54, 1.807) is 31.4 Å². The first-order valence-electron chi connectivity index (χ1n) is 6.54. The van der Waals surface area contributed by atoms with Gasteiger partial charge in [0.05, 0.1) is 13.2 Å². The highest BCUT2D eigenvalue weighted by Gasteiger charge is 2.25. The molecule has 2 aromatic carbocycles. The maximum atomic E-state index is 13.8. The lowest BCUT2D eigenvalue weighted by atomic mass is 9.89. The zero-order chi connectivity index (χ0) is 15.4. The molecule has 2 aromatic rings. The van der Waals surface area contributed by atoms with Gasteiger partial charge in [-0.3, -0.25) is 0 Å². The van der Waals surface area contributed by atoms with Crippen molar-refractivity contribution in [3.63, 3.8) is 0 Å². The lowest BCUT2D eigenvalue weighted by Crippen LogP contribution is -2.21. The van der Waals surface area contributed by atoms with E-state index in [-0.39, 0.29) is 12.1 Å². The van der Waals surface area contributed by atoms with E-state index in [0.29, 0.717) is 5.75 Å². The molecular weight excluding hydrogens is 276 g/mol. The average Bonchev–Trinajstić information content (AvgIpc) is 2.51. The quantitative estimate of drug-likeness (QED) is 0.891. The van der Waals surface area contributed by atoms with Crippen molar-refractivity contribution in [3.05, 3.63) is 65.2 Å². The third-order valence-electron chi connectivity index (χ3n) is 3.48.